The molecule has 74 valence electrons. The number of nitrogens with zero attached hydrogens (tertiary/aromatic N) is 2. The van der Waals surface area contributed by atoms with Crippen LogP contribution in [0.15, 0.2) is 30.3 Å². The number of aryl methyl sites for hydroxylation is 1. The molecule has 0 atom stereocenters. The summed E-state index contributed by atoms with van der Waals surface area (Å²) >= 11 is 5.07. The lowest BCUT2D eigenvalue weighted by Crippen LogP contribution is -2.00. The van der Waals surface area contributed by atoms with Crippen LogP contribution in [0, 0.1) is 4.64 Å². The zero-order valence-corrected chi connectivity index (χ0v) is 9.01. The summed E-state index contributed by atoms with van der Waals surface area (Å²) in [4.78, 5) is 7.53. The maximum Gasteiger partial charge on any atom is 0.156 e. The second kappa shape index (κ2) is 2.90. The van der Waals surface area contributed by atoms with E-state index in [0.717, 1.165) is 22.6 Å². The van der Waals surface area contributed by atoms with Crippen LogP contribution in [0.2, 0.25) is 0 Å². The van der Waals surface area contributed by atoms with Gasteiger partial charge in [-0.2, -0.15) is 0 Å². The first-order valence-corrected chi connectivity index (χ1v) is 5.11. The summed E-state index contributed by atoms with van der Waals surface area (Å²) in [6.45, 7) is 0. The molecule has 3 rings (SSSR count). The molecule has 1 aromatic rings. The van der Waals surface area contributed by atoms with Gasteiger partial charge in [0.2, 0.25) is 0 Å². The van der Waals surface area contributed by atoms with E-state index in [1.165, 1.54) is 0 Å². The first kappa shape index (κ1) is 8.61. The average Bonchev–Trinajstić information content (AvgIpc) is 2.59. The maximum absolute atomic E-state index is 5.07. The molecule has 4 heteroatoms. The number of benzene rings is 1. The Morgan fingerprint density at radius 3 is 3.00 bits per heavy atom. The summed E-state index contributed by atoms with van der Waals surface area (Å²) in [6, 6.07) is 10.0. The summed E-state index contributed by atoms with van der Waals surface area (Å²) in [7, 11) is 2.02. The van der Waals surface area contributed by atoms with Gasteiger partial charge in [0, 0.05) is 13.1 Å². The van der Waals surface area contributed by atoms with Crippen molar-refractivity contribution in [3.05, 3.63) is 35.0 Å². The van der Waals surface area contributed by atoms with Gasteiger partial charge in [-0.05, 0) is 12.1 Å². The van der Waals surface area contributed by atoms with Gasteiger partial charge in [-0.3, -0.25) is 0 Å². The fourth-order valence-corrected chi connectivity index (χ4v) is 2.06. The highest BCUT2D eigenvalue weighted by atomic mass is 32.1. The number of H-pyrrole nitrogens is 1. The van der Waals surface area contributed by atoms with Crippen molar-refractivity contribution >= 4 is 23.3 Å². The van der Waals surface area contributed by atoms with Crippen LogP contribution >= 0.6 is 12.2 Å². The third kappa shape index (κ3) is 1.18. The molecule has 3 nitrogen and oxygen atoms in total. The summed E-state index contributed by atoms with van der Waals surface area (Å²) < 4.78 is 2.73. The predicted molar refractivity (Wildman–Crippen MR) is 62.5 cm³/mol. The molecule has 15 heavy (non-hydrogen) atoms. The highest BCUT2D eigenvalue weighted by Gasteiger charge is 2.10. The van der Waals surface area contributed by atoms with E-state index in [1.807, 2.05) is 31.3 Å². The highest BCUT2D eigenvalue weighted by Crippen LogP contribution is 2.23. The van der Waals surface area contributed by atoms with Crippen LogP contribution < -0.4 is 0 Å². The summed E-state index contributed by atoms with van der Waals surface area (Å²) in [6.07, 6.45) is 0. The number of hydrogen-bond donors (Lipinski definition) is 1. The Kier molecular flexibility index (Phi) is 1.67. The standard InChI is InChI=1S/C11H9N3S/c1-14-8-5-3-2-4-7(8)12-11-9(14)6-10(15)13-11/h2-6H,1H3,(H,12,13,15). The van der Waals surface area contributed by atoms with Crippen molar-refractivity contribution in [3.8, 4) is 11.5 Å². The Bertz CT molecular complexity index is 665. The van der Waals surface area contributed by atoms with E-state index >= 15 is 0 Å². The Hall–Kier alpha value is -1.68. The number of rotatable bonds is 0. The smallest absolute Gasteiger partial charge is 0.156 e. The van der Waals surface area contributed by atoms with Crippen LogP contribution in [0.1, 0.15) is 0 Å². The molecule has 0 aromatic heterocycles. The molecule has 0 unspecified atom stereocenters. The van der Waals surface area contributed by atoms with Gasteiger partial charge in [0.1, 0.15) is 4.64 Å². The number of nitrogens with one attached hydrogen (secondary N) is 1. The largest absolute Gasteiger partial charge is 0.340 e. The molecule has 2 aliphatic rings. The lowest BCUT2D eigenvalue weighted by atomic mass is 10.2. The average molecular weight is 215 g/mol. The minimum Gasteiger partial charge on any atom is -0.340 e. The van der Waals surface area contributed by atoms with Gasteiger partial charge in [0.25, 0.3) is 0 Å². The fourth-order valence-electron chi connectivity index (χ4n) is 1.86. The second-order valence-electron chi connectivity index (χ2n) is 3.53. The number of para-hydroxylation sites is 2. The zero-order valence-electron chi connectivity index (χ0n) is 8.19. The van der Waals surface area contributed by atoms with Crippen LogP contribution in [0.4, 0.5) is 0 Å². The Morgan fingerprint density at radius 1 is 1.33 bits per heavy atom. The maximum atomic E-state index is 5.07. The first-order valence-electron chi connectivity index (χ1n) is 4.70. The van der Waals surface area contributed by atoms with E-state index in [2.05, 4.69) is 20.6 Å². The molecule has 1 aromatic carbocycles. The van der Waals surface area contributed by atoms with E-state index in [1.54, 1.807) is 0 Å². The molecule has 0 radical (unpaired) electrons. The highest BCUT2D eigenvalue weighted by molar-refractivity contribution is 7.71. The number of aromatic amines is 1. The molecule has 2 heterocycles. The Balaban J connectivity index is 2.60. The zero-order chi connectivity index (χ0) is 10.4. The number of fused-ring (bicyclic) bond motifs is 2. The van der Waals surface area contributed by atoms with Crippen LogP contribution in [-0.4, -0.2) is 14.5 Å². The van der Waals surface area contributed by atoms with Crippen molar-refractivity contribution in [1.29, 1.82) is 0 Å². The Labute approximate surface area is 91.7 Å². The second-order valence-corrected chi connectivity index (χ2v) is 3.95. The summed E-state index contributed by atoms with van der Waals surface area (Å²) in [5.41, 5.74) is 3.26. The van der Waals surface area contributed by atoms with Crippen LogP contribution in [0.3, 0.4) is 0 Å². The summed E-state index contributed by atoms with van der Waals surface area (Å²) in [5.74, 6) is 0.848. The van der Waals surface area contributed by atoms with Crippen LogP contribution in [0.5, 0.6) is 0 Å². The summed E-state index contributed by atoms with van der Waals surface area (Å²) in [5, 5.41) is 0. The lowest BCUT2D eigenvalue weighted by molar-refractivity contribution is 0.946. The molecule has 2 aliphatic heterocycles. The van der Waals surface area contributed by atoms with Crippen molar-refractivity contribution in [2.45, 2.75) is 0 Å². The fraction of sp³-hybridized carbons (Fsp3) is 0.0909. The van der Waals surface area contributed by atoms with E-state index in [0.29, 0.717) is 4.64 Å². The monoisotopic (exact) mass is 215 g/mol. The third-order valence-corrected chi connectivity index (χ3v) is 2.81. The molecule has 0 saturated heterocycles. The van der Waals surface area contributed by atoms with Crippen LogP contribution in [0.25, 0.3) is 22.6 Å². The van der Waals surface area contributed by atoms with Gasteiger partial charge in [0.15, 0.2) is 5.82 Å². The quantitative estimate of drug-likeness (QED) is 0.585. The molecule has 0 fully saturated rings. The predicted octanol–water partition coefficient (Wildman–Crippen LogP) is 2.74. The molecule has 0 spiro atoms. The number of hydrogen-bond acceptors (Lipinski definition) is 2. The molecular formula is C11H9N3S. The van der Waals surface area contributed by atoms with Crippen molar-refractivity contribution in [2.24, 2.45) is 7.05 Å². The molecular weight excluding hydrogens is 206 g/mol. The van der Waals surface area contributed by atoms with Crippen LogP contribution in [-0.2, 0) is 7.05 Å². The van der Waals surface area contributed by atoms with Crippen molar-refractivity contribution in [3.63, 3.8) is 0 Å². The normalized spacial score (nSPS) is 11.3. The lowest BCUT2D eigenvalue weighted by Gasteiger charge is -2.10. The van der Waals surface area contributed by atoms with Crippen molar-refractivity contribution in [1.82, 2.24) is 14.5 Å². The van der Waals surface area contributed by atoms with Crippen molar-refractivity contribution < 1.29 is 0 Å². The molecule has 1 N–H and O–H groups in total. The van der Waals surface area contributed by atoms with E-state index in [4.69, 9.17) is 12.2 Å². The minimum atomic E-state index is 0.632. The topological polar surface area (TPSA) is 33.6 Å². The number of aromatic nitrogens is 3. The van der Waals surface area contributed by atoms with Gasteiger partial charge in [0.05, 0.1) is 16.7 Å². The molecule has 0 amide bonds. The SMILES string of the molecule is Cn1c2cc(=S)nc-2[nH]c2ccccc21. The van der Waals surface area contributed by atoms with Gasteiger partial charge in [-0.1, -0.05) is 24.4 Å². The van der Waals surface area contributed by atoms with Gasteiger partial charge >= 0.3 is 0 Å². The first-order chi connectivity index (χ1) is 7.25. The Morgan fingerprint density at radius 2 is 2.13 bits per heavy atom. The van der Waals surface area contributed by atoms with E-state index in [9.17, 15) is 0 Å². The van der Waals surface area contributed by atoms with Gasteiger partial charge in [-0.25, -0.2) is 4.98 Å². The van der Waals surface area contributed by atoms with E-state index in [-0.39, 0.29) is 0 Å². The minimum absolute atomic E-state index is 0.632. The van der Waals surface area contributed by atoms with E-state index < -0.39 is 0 Å². The van der Waals surface area contributed by atoms with Gasteiger partial charge in [-0.15, -0.1) is 0 Å². The molecule has 0 aliphatic carbocycles. The van der Waals surface area contributed by atoms with Crippen molar-refractivity contribution in [2.75, 3.05) is 0 Å². The molecule has 0 bridgehead atoms. The third-order valence-electron chi connectivity index (χ3n) is 2.60. The molecule has 0 saturated carbocycles. The van der Waals surface area contributed by atoms with Gasteiger partial charge < -0.3 is 9.55 Å².